The summed E-state index contributed by atoms with van der Waals surface area (Å²) in [7, 11) is 0. The molecular weight excluding hydrogens is 198 g/mol. The molecule has 86 valence electrons. The fourth-order valence-corrected chi connectivity index (χ4v) is 1.81. The minimum atomic E-state index is -0.0701. The number of benzene rings is 1. The Morgan fingerprint density at radius 2 is 1.94 bits per heavy atom. The van der Waals surface area contributed by atoms with Crippen LogP contribution in [0.25, 0.3) is 11.0 Å². The van der Waals surface area contributed by atoms with Gasteiger partial charge < -0.3 is 10.2 Å². The van der Waals surface area contributed by atoms with Crippen molar-refractivity contribution < 1.29 is 4.42 Å². The number of hydrogen-bond donors (Lipinski definition) is 1. The second-order valence-electron chi connectivity index (χ2n) is 5.48. The van der Waals surface area contributed by atoms with Crippen LogP contribution in [0.2, 0.25) is 0 Å². The van der Waals surface area contributed by atoms with Gasteiger partial charge in [0.1, 0.15) is 11.3 Å². The Hall–Kier alpha value is -1.28. The Balaban J connectivity index is 2.52. The lowest BCUT2D eigenvalue weighted by molar-refractivity contribution is 0.290. The van der Waals surface area contributed by atoms with E-state index in [9.17, 15) is 0 Å². The van der Waals surface area contributed by atoms with Crippen molar-refractivity contribution in [1.82, 2.24) is 0 Å². The molecule has 0 fully saturated rings. The molecule has 2 heteroatoms. The molecule has 0 saturated carbocycles. The zero-order valence-electron chi connectivity index (χ0n) is 10.4. The van der Waals surface area contributed by atoms with Crippen molar-refractivity contribution in [3.05, 3.63) is 35.6 Å². The molecule has 2 N–H and O–H groups in total. The van der Waals surface area contributed by atoms with Gasteiger partial charge in [-0.1, -0.05) is 32.9 Å². The lowest BCUT2D eigenvalue weighted by atomic mass is 9.86. The van der Waals surface area contributed by atoms with Crippen LogP contribution < -0.4 is 5.73 Å². The third kappa shape index (κ3) is 1.85. The average molecular weight is 217 g/mol. The first-order valence-electron chi connectivity index (χ1n) is 5.64. The Bertz CT molecular complexity index is 505. The summed E-state index contributed by atoms with van der Waals surface area (Å²) in [6, 6.07) is 8.08. The van der Waals surface area contributed by atoms with Crippen LogP contribution in [-0.2, 0) is 0 Å². The molecule has 2 aromatic rings. The van der Waals surface area contributed by atoms with Crippen LogP contribution >= 0.6 is 0 Å². The largest absolute Gasteiger partial charge is 0.459 e. The molecule has 1 aromatic heterocycles. The van der Waals surface area contributed by atoms with E-state index in [2.05, 4.69) is 39.8 Å². The summed E-state index contributed by atoms with van der Waals surface area (Å²) in [5, 5.41) is 1.16. The highest BCUT2D eigenvalue weighted by Gasteiger charge is 2.25. The molecule has 0 aliphatic heterocycles. The molecule has 16 heavy (non-hydrogen) atoms. The molecular formula is C14H19NO. The number of hydrogen-bond acceptors (Lipinski definition) is 2. The van der Waals surface area contributed by atoms with E-state index in [4.69, 9.17) is 10.2 Å². The fraction of sp³-hybridized carbons (Fsp3) is 0.429. The number of nitrogens with two attached hydrogens (primary N) is 1. The minimum Gasteiger partial charge on any atom is -0.459 e. The van der Waals surface area contributed by atoms with E-state index >= 15 is 0 Å². The summed E-state index contributed by atoms with van der Waals surface area (Å²) in [6.07, 6.45) is 0. The minimum absolute atomic E-state index is 0.0157. The van der Waals surface area contributed by atoms with E-state index in [0.717, 1.165) is 16.7 Å². The first-order valence-corrected chi connectivity index (χ1v) is 5.64. The van der Waals surface area contributed by atoms with Gasteiger partial charge in [-0.05, 0) is 30.0 Å². The molecule has 2 rings (SSSR count). The topological polar surface area (TPSA) is 39.2 Å². The highest BCUT2D eigenvalue weighted by atomic mass is 16.3. The lowest BCUT2D eigenvalue weighted by Gasteiger charge is -2.24. The maximum Gasteiger partial charge on any atom is 0.134 e. The predicted octanol–water partition coefficient (Wildman–Crippen LogP) is 3.79. The lowest BCUT2D eigenvalue weighted by Crippen LogP contribution is -2.25. The highest BCUT2D eigenvalue weighted by molar-refractivity contribution is 5.81. The summed E-state index contributed by atoms with van der Waals surface area (Å²) in [4.78, 5) is 0. The molecule has 0 aliphatic carbocycles. The van der Waals surface area contributed by atoms with Crippen LogP contribution in [0.5, 0.6) is 0 Å². The van der Waals surface area contributed by atoms with Gasteiger partial charge in [0.15, 0.2) is 0 Å². The maximum absolute atomic E-state index is 6.19. The van der Waals surface area contributed by atoms with Gasteiger partial charge in [0, 0.05) is 5.39 Å². The van der Waals surface area contributed by atoms with E-state index in [1.807, 2.05) is 12.1 Å². The monoisotopic (exact) mass is 217 g/mol. The van der Waals surface area contributed by atoms with Crippen molar-refractivity contribution in [2.75, 3.05) is 0 Å². The number of aryl methyl sites for hydroxylation is 1. The van der Waals surface area contributed by atoms with E-state index in [-0.39, 0.29) is 11.5 Å². The number of furan rings is 1. The Labute approximate surface area is 96.4 Å². The predicted molar refractivity (Wildman–Crippen MR) is 67.3 cm³/mol. The molecule has 0 amide bonds. The Kier molecular flexibility index (Phi) is 2.55. The van der Waals surface area contributed by atoms with Gasteiger partial charge >= 0.3 is 0 Å². The van der Waals surface area contributed by atoms with Gasteiger partial charge in [0.05, 0.1) is 6.04 Å². The average Bonchev–Trinajstić information content (AvgIpc) is 2.60. The van der Waals surface area contributed by atoms with Crippen LogP contribution in [0, 0.1) is 12.3 Å². The smallest absolute Gasteiger partial charge is 0.134 e. The van der Waals surface area contributed by atoms with Crippen molar-refractivity contribution >= 4 is 11.0 Å². The van der Waals surface area contributed by atoms with Gasteiger partial charge in [-0.2, -0.15) is 0 Å². The van der Waals surface area contributed by atoms with Gasteiger partial charge in [-0.3, -0.25) is 0 Å². The van der Waals surface area contributed by atoms with E-state index < -0.39 is 0 Å². The first kappa shape index (κ1) is 11.2. The Morgan fingerprint density at radius 3 is 2.50 bits per heavy atom. The zero-order valence-corrected chi connectivity index (χ0v) is 10.4. The van der Waals surface area contributed by atoms with Gasteiger partial charge in [-0.25, -0.2) is 0 Å². The molecule has 0 aliphatic rings. The van der Waals surface area contributed by atoms with Gasteiger partial charge in [-0.15, -0.1) is 0 Å². The molecule has 2 nitrogen and oxygen atoms in total. The van der Waals surface area contributed by atoms with E-state index in [1.165, 1.54) is 5.56 Å². The molecule has 0 spiro atoms. The first-order chi connectivity index (χ1) is 7.39. The van der Waals surface area contributed by atoms with Crippen LogP contribution in [0.1, 0.15) is 38.1 Å². The third-order valence-corrected chi connectivity index (χ3v) is 3.04. The highest BCUT2D eigenvalue weighted by Crippen LogP contribution is 2.34. The quantitative estimate of drug-likeness (QED) is 0.789. The molecule has 0 bridgehead atoms. The van der Waals surface area contributed by atoms with Crippen molar-refractivity contribution in [3.8, 4) is 0 Å². The van der Waals surface area contributed by atoms with Gasteiger partial charge in [0.2, 0.25) is 0 Å². The Morgan fingerprint density at radius 1 is 1.25 bits per heavy atom. The molecule has 1 aromatic carbocycles. The van der Waals surface area contributed by atoms with Crippen molar-refractivity contribution in [1.29, 1.82) is 0 Å². The second kappa shape index (κ2) is 3.63. The SMILES string of the molecule is Cc1cccc2oc([C@H](N)C(C)(C)C)cc12. The van der Waals surface area contributed by atoms with E-state index in [1.54, 1.807) is 0 Å². The van der Waals surface area contributed by atoms with E-state index in [0.29, 0.717) is 0 Å². The number of rotatable bonds is 1. The van der Waals surface area contributed by atoms with Crippen molar-refractivity contribution in [3.63, 3.8) is 0 Å². The summed E-state index contributed by atoms with van der Waals surface area (Å²) >= 11 is 0. The van der Waals surface area contributed by atoms with Crippen LogP contribution in [-0.4, -0.2) is 0 Å². The summed E-state index contributed by atoms with van der Waals surface area (Å²) in [5.41, 5.74) is 8.36. The molecule has 1 heterocycles. The van der Waals surface area contributed by atoms with Gasteiger partial charge in [0.25, 0.3) is 0 Å². The standard InChI is InChI=1S/C14H19NO/c1-9-6-5-7-11-10(9)8-12(16-11)13(15)14(2,3)4/h5-8,13H,15H2,1-4H3/t13-/m0/s1. The third-order valence-electron chi connectivity index (χ3n) is 3.04. The maximum atomic E-state index is 6.19. The van der Waals surface area contributed by atoms with Crippen LogP contribution in [0.4, 0.5) is 0 Å². The summed E-state index contributed by atoms with van der Waals surface area (Å²) in [6.45, 7) is 8.46. The fourth-order valence-electron chi connectivity index (χ4n) is 1.81. The zero-order chi connectivity index (χ0) is 11.9. The second-order valence-corrected chi connectivity index (χ2v) is 5.48. The van der Waals surface area contributed by atoms with Crippen LogP contribution in [0.15, 0.2) is 28.7 Å². The van der Waals surface area contributed by atoms with Crippen LogP contribution in [0.3, 0.4) is 0 Å². The summed E-state index contributed by atoms with van der Waals surface area (Å²) in [5.74, 6) is 0.872. The van der Waals surface area contributed by atoms with Crippen molar-refractivity contribution in [2.45, 2.75) is 33.7 Å². The van der Waals surface area contributed by atoms with Crippen molar-refractivity contribution in [2.24, 2.45) is 11.1 Å². The summed E-state index contributed by atoms with van der Waals surface area (Å²) < 4.78 is 5.81. The normalized spacial score (nSPS) is 14.3. The number of fused-ring (bicyclic) bond motifs is 1. The molecule has 0 unspecified atom stereocenters. The molecule has 1 atom stereocenters. The molecule has 0 radical (unpaired) electrons. The molecule has 0 saturated heterocycles.